The number of aromatic amines is 1. The lowest BCUT2D eigenvalue weighted by atomic mass is 9.93. The largest absolute Gasteiger partial charge is 0.481 e. The zero-order chi connectivity index (χ0) is 12.3. The van der Waals surface area contributed by atoms with Crippen molar-refractivity contribution in [1.29, 1.82) is 0 Å². The quantitative estimate of drug-likeness (QED) is 0.811. The van der Waals surface area contributed by atoms with Crippen LogP contribution < -0.4 is 0 Å². The van der Waals surface area contributed by atoms with Crippen molar-refractivity contribution >= 4 is 11.9 Å². The topological polar surface area (TPSA) is 86.3 Å². The Kier molecular flexibility index (Phi) is 3.41. The third-order valence-electron chi connectivity index (χ3n) is 3.09. The number of amides is 1. The predicted octanol–water partition coefficient (Wildman–Crippen LogP) is 0.737. The summed E-state index contributed by atoms with van der Waals surface area (Å²) in [5.41, 5.74) is 0.488. The Bertz CT molecular complexity index is 394. The zero-order valence-corrected chi connectivity index (χ0v) is 9.43. The number of imidazole rings is 1. The fourth-order valence-electron chi connectivity index (χ4n) is 2.13. The van der Waals surface area contributed by atoms with Crippen LogP contribution in [-0.2, 0) is 4.79 Å². The number of likely N-dealkylation sites (tertiary alicyclic amines) is 1. The van der Waals surface area contributed by atoms with Gasteiger partial charge < -0.3 is 15.0 Å². The van der Waals surface area contributed by atoms with Gasteiger partial charge in [-0.15, -0.1) is 0 Å². The molecule has 1 aliphatic heterocycles. The minimum absolute atomic E-state index is 0.0590. The van der Waals surface area contributed by atoms with E-state index in [2.05, 4.69) is 9.97 Å². The van der Waals surface area contributed by atoms with E-state index < -0.39 is 5.97 Å². The molecule has 0 bridgehead atoms. The summed E-state index contributed by atoms with van der Waals surface area (Å²) in [6, 6.07) is 0. The molecule has 17 heavy (non-hydrogen) atoms. The van der Waals surface area contributed by atoms with Crippen molar-refractivity contribution < 1.29 is 14.7 Å². The van der Waals surface area contributed by atoms with Crippen LogP contribution in [0, 0.1) is 5.92 Å². The molecule has 1 amide bonds. The van der Waals surface area contributed by atoms with Gasteiger partial charge in [-0.1, -0.05) is 0 Å². The van der Waals surface area contributed by atoms with Crippen molar-refractivity contribution in [3.8, 4) is 0 Å². The highest BCUT2D eigenvalue weighted by Crippen LogP contribution is 2.21. The highest BCUT2D eigenvalue weighted by Gasteiger charge is 2.25. The number of piperidine rings is 1. The van der Waals surface area contributed by atoms with Gasteiger partial charge in [-0.25, -0.2) is 4.98 Å². The van der Waals surface area contributed by atoms with E-state index in [0.29, 0.717) is 18.8 Å². The van der Waals surface area contributed by atoms with Gasteiger partial charge in [0.2, 0.25) is 0 Å². The SMILES string of the molecule is O=C(O)CC1CCN(C(=O)c2cnc[nH]2)CC1. The lowest BCUT2D eigenvalue weighted by Gasteiger charge is -2.30. The second kappa shape index (κ2) is 4.99. The second-order valence-corrected chi connectivity index (χ2v) is 4.30. The van der Waals surface area contributed by atoms with E-state index in [1.165, 1.54) is 12.5 Å². The molecule has 0 spiro atoms. The summed E-state index contributed by atoms with van der Waals surface area (Å²) >= 11 is 0. The number of nitrogens with zero attached hydrogens (tertiary/aromatic N) is 2. The number of hydrogen-bond acceptors (Lipinski definition) is 3. The lowest BCUT2D eigenvalue weighted by molar-refractivity contribution is -0.138. The molecule has 1 saturated heterocycles. The van der Waals surface area contributed by atoms with Gasteiger partial charge in [0.25, 0.3) is 5.91 Å². The number of nitrogens with one attached hydrogen (secondary N) is 1. The van der Waals surface area contributed by atoms with Crippen LogP contribution in [0.3, 0.4) is 0 Å². The molecular weight excluding hydrogens is 222 g/mol. The summed E-state index contributed by atoms with van der Waals surface area (Å²) in [7, 11) is 0. The molecule has 1 aromatic heterocycles. The Hall–Kier alpha value is -1.85. The number of carbonyl (C=O) groups excluding carboxylic acids is 1. The maximum absolute atomic E-state index is 11.9. The number of carboxylic acids is 1. The minimum Gasteiger partial charge on any atom is -0.481 e. The molecular formula is C11H15N3O3. The van der Waals surface area contributed by atoms with E-state index in [9.17, 15) is 9.59 Å². The third-order valence-corrected chi connectivity index (χ3v) is 3.09. The van der Waals surface area contributed by atoms with Crippen LogP contribution >= 0.6 is 0 Å². The van der Waals surface area contributed by atoms with E-state index in [4.69, 9.17) is 5.11 Å². The van der Waals surface area contributed by atoms with Gasteiger partial charge in [0.05, 0.1) is 12.5 Å². The minimum atomic E-state index is -0.761. The lowest BCUT2D eigenvalue weighted by Crippen LogP contribution is -2.39. The number of rotatable bonds is 3. The average Bonchev–Trinajstić information content (AvgIpc) is 2.82. The van der Waals surface area contributed by atoms with Crippen LogP contribution in [0.1, 0.15) is 29.8 Å². The number of carboxylic acid groups (broad SMARTS) is 1. The first-order valence-electron chi connectivity index (χ1n) is 5.66. The normalized spacial score (nSPS) is 17.1. The molecule has 2 rings (SSSR count). The monoisotopic (exact) mass is 237 g/mol. The van der Waals surface area contributed by atoms with Gasteiger partial charge >= 0.3 is 5.97 Å². The highest BCUT2D eigenvalue weighted by atomic mass is 16.4. The Morgan fingerprint density at radius 3 is 2.71 bits per heavy atom. The second-order valence-electron chi connectivity index (χ2n) is 4.30. The number of aliphatic carboxylic acids is 1. The molecule has 6 heteroatoms. The van der Waals surface area contributed by atoms with Crippen LogP contribution in [-0.4, -0.2) is 44.9 Å². The van der Waals surface area contributed by atoms with Crippen molar-refractivity contribution in [2.24, 2.45) is 5.92 Å². The van der Waals surface area contributed by atoms with Gasteiger partial charge in [0.1, 0.15) is 5.69 Å². The van der Waals surface area contributed by atoms with Gasteiger partial charge in [-0.3, -0.25) is 9.59 Å². The average molecular weight is 237 g/mol. The van der Waals surface area contributed by atoms with Crippen molar-refractivity contribution in [3.05, 3.63) is 18.2 Å². The van der Waals surface area contributed by atoms with Gasteiger partial charge in [-0.05, 0) is 18.8 Å². The molecule has 1 aliphatic rings. The first-order valence-corrected chi connectivity index (χ1v) is 5.66. The van der Waals surface area contributed by atoms with Crippen LogP contribution in [0.25, 0.3) is 0 Å². The molecule has 0 aromatic carbocycles. The molecule has 1 aromatic rings. The smallest absolute Gasteiger partial charge is 0.303 e. The van der Waals surface area contributed by atoms with Crippen LogP contribution in [0.4, 0.5) is 0 Å². The highest BCUT2D eigenvalue weighted by molar-refractivity contribution is 5.92. The van der Waals surface area contributed by atoms with Gasteiger partial charge in [-0.2, -0.15) is 0 Å². The Morgan fingerprint density at radius 2 is 2.18 bits per heavy atom. The Morgan fingerprint density at radius 1 is 1.47 bits per heavy atom. The van der Waals surface area contributed by atoms with E-state index in [1.807, 2.05) is 0 Å². The van der Waals surface area contributed by atoms with Crippen molar-refractivity contribution in [2.45, 2.75) is 19.3 Å². The van der Waals surface area contributed by atoms with E-state index in [1.54, 1.807) is 4.90 Å². The number of aromatic nitrogens is 2. The number of hydrogen-bond donors (Lipinski definition) is 2. The van der Waals surface area contributed by atoms with Crippen LogP contribution in [0.2, 0.25) is 0 Å². The summed E-state index contributed by atoms with van der Waals surface area (Å²) in [5, 5.41) is 8.70. The molecule has 0 aliphatic carbocycles. The fraction of sp³-hybridized carbons (Fsp3) is 0.545. The van der Waals surface area contributed by atoms with E-state index >= 15 is 0 Å². The Labute approximate surface area is 98.7 Å². The van der Waals surface area contributed by atoms with E-state index in [0.717, 1.165) is 12.8 Å². The molecule has 6 nitrogen and oxygen atoms in total. The first kappa shape index (κ1) is 11.6. The molecule has 2 N–H and O–H groups in total. The summed E-state index contributed by atoms with van der Waals surface area (Å²) in [6.45, 7) is 1.24. The maximum Gasteiger partial charge on any atom is 0.303 e. The zero-order valence-electron chi connectivity index (χ0n) is 9.43. The number of H-pyrrole nitrogens is 1. The molecule has 0 radical (unpaired) electrons. The summed E-state index contributed by atoms with van der Waals surface area (Å²) in [6.07, 6.45) is 4.69. The molecule has 1 fully saturated rings. The Balaban J connectivity index is 1.87. The molecule has 92 valence electrons. The van der Waals surface area contributed by atoms with Gasteiger partial charge in [0, 0.05) is 19.5 Å². The predicted molar refractivity (Wildman–Crippen MR) is 59.5 cm³/mol. The molecule has 2 heterocycles. The molecule has 0 unspecified atom stereocenters. The molecule has 0 saturated carbocycles. The van der Waals surface area contributed by atoms with Crippen LogP contribution in [0.15, 0.2) is 12.5 Å². The molecule has 0 atom stereocenters. The van der Waals surface area contributed by atoms with E-state index in [-0.39, 0.29) is 18.2 Å². The van der Waals surface area contributed by atoms with Crippen molar-refractivity contribution in [2.75, 3.05) is 13.1 Å². The van der Waals surface area contributed by atoms with Gasteiger partial charge in [0.15, 0.2) is 0 Å². The summed E-state index contributed by atoms with van der Waals surface area (Å²) < 4.78 is 0. The van der Waals surface area contributed by atoms with Crippen molar-refractivity contribution in [3.63, 3.8) is 0 Å². The summed E-state index contributed by atoms with van der Waals surface area (Å²) in [4.78, 5) is 30.8. The fourth-order valence-corrected chi connectivity index (χ4v) is 2.13. The standard InChI is InChI=1S/C11H15N3O3/c15-10(16)5-8-1-3-14(4-2-8)11(17)9-6-12-7-13-9/h6-8H,1-5H2,(H,12,13)(H,15,16). The first-order chi connectivity index (χ1) is 8.16. The third kappa shape index (κ3) is 2.83. The van der Waals surface area contributed by atoms with Crippen molar-refractivity contribution in [1.82, 2.24) is 14.9 Å². The summed E-state index contributed by atoms with van der Waals surface area (Å²) in [5.74, 6) is -0.627. The van der Waals surface area contributed by atoms with Crippen LogP contribution in [0.5, 0.6) is 0 Å². The maximum atomic E-state index is 11.9. The number of carbonyl (C=O) groups is 2.